The van der Waals surface area contributed by atoms with Crippen LogP contribution in [0.3, 0.4) is 0 Å². The molecule has 1 amide bonds. The zero-order valence-electron chi connectivity index (χ0n) is 14.6. The van der Waals surface area contributed by atoms with Gasteiger partial charge in [0.05, 0.1) is 5.02 Å². The monoisotopic (exact) mass is 435 g/mol. The maximum absolute atomic E-state index is 12.6. The van der Waals surface area contributed by atoms with E-state index in [0.717, 1.165) is 5.56 Å². The molecule has 0 aliphatic rings. The highest BCUT2D eigenvalue weighted by molar-refractivity contribution is 7.92. The van der Waals surface area contributed by atoms with Gasteiger partial charge in [0.25, 0.3) is 15.9 Å². The molecule has 1 aromatic heterocycles. The Balaban J connectivity index is 1.82. The highest BCUT2D eigenvalue weighted by Crippen LogP contribution is 2.27. The van der Waals surface area contributed by atoms with Crippen molar-refractivity contribution < 1.29 is 13.2 Å². The summed E-state index contributed by atoms with van der Waals surface area (Å²) in [4.78, 5) is 16.4. The van der Waals surface area contributed by atoms with Crippen LogP contribution in [0.25, 0.3) is 0 Å². The van der Waals surface area contributed by atoms with Gasteiger partial charge in [0, 0.05) is 22.5 Å². The second kappa shape index (κ2) is 8.18. The Labute approximate surface area is 172 Å². The first kappa shape index (κ1) is 20.1. The lowest BCUT2D eigenvalue weighted by Crippen LogP contribution is -2.16. The highest BCUT2D eigenvalue weighted by atomic mass is 35.5. The molecule has 1 heterocycles. The number of hydrogen-bond donors (Lipinski definition) is 2. The van der Waals surface area contributed by atoms with Crippen LogP contribution in [-0.2, 0) is 10.0 Å². The van der Waals surface area contributed by atoms with Gasteiger partial charge >= 0.3 is 0 Å². The second-order valence-corrected chi connectivity index (χ2v) is 8.43. The largest absolute Gasteiger partial charge is 0.307 e. The van der Waals surface area contributed by atoms with Crippen molar-refractivity contribution in [1.82, 2.24) is 4.98 Å². The third-order valence-electron chi connectivity index (χ3n) is 3.71. The molecular formula is C19H15Cl2N3O3S. The summed E-state index contributed by atoms with van der Waals surface area (Å²) in [6.07, 6.45) is 1.63. The van der Waals surface area contributed by atoms with Gasteiger partial charge in [0.1, 0.15) is 10.7 Å². The number of aromatic nitrogens is 1. The van der Waals surface area contributed by atoms with Crippen LogP contribution in [0.5, 0.6) is 0 Å². The van der Waals surface area contributed by atoms with Gasteiger partial charge in [0.2, 0.25) is 0 Å². The lowest BCUT2D eigenvalue weighted by Gasteiger charge is -2.11. The van der Waals surface area contributed by atoms with E-state index in [1.54, 1.807) is 24.4 Å². The van der Waals surface area contributed by atoms with Crippen molar-refractivity contribution in [1.29, 1.82) is 0 Å². The Morgan fingerprint density at radius 2 is 1.82 bits per heavy atom. The van der Waals surface area contributed by atoms with E-state index in [9.17, 15) is 13.2 Å². The van der Waals surface area contributed by atoms with Crippen molar-refractivity contribution in [2.45, 2.75) is 11.8 Å². The predicted molar refractivity (Wildman–Crippen MR) is 111 cm³/mol. The van der Waals surface area contributed by atoms with Crippen molar-refractivity contribution in [3.8, 4) is 0 Å². The molecule has 0 saturated heterocycles. The van der Waals surface area contributed by atoms with Crippen LogP contribution in [0.15, 0.2) is 65.7 Å². The molecule has 0 bridgehead atoms. The summed E-state index contributed by atoms with van der Waals surface area (Å²) in [6, 6.07) is 13.7. The number of amides is 1. The van der Waals surface area contributed by atoms with Gasteiger partial charge in [-0.25, -0.2) is 13.4 Å². The number of sulfonamides is 1. The van der Waals surface area contributed by atoms with Gasteiger partial charge in [-0.3, -0.25) is 9.52 Å². The van der Waals surface area contributed by atoms with E-state index in [1.165, 1.54) is 30.3 Å². The molecule has 3 rings (SSSR count). The Morgan fingerprint density at radius 3 is 2.54 bits per heavy atom. The molecule has 28 heavy (non-hydrogen) atoms. The van der Waals surface area contributed by atoms with Crippen LogP contribution >= 0.6 is 23.2 Å². The minimum absolute atomic E-state index is 0.0382. The average Bonchev–Trinajstić information content (AvgIpc) is 2.65. The molecule has 3 aromatic rings. The number of carbonyl (C=O) groups is 1. The zero-order chi connectivity index (χ0) is 20.3. The van der Waals surface area contributed by atoms with E-state index in [4.69, 9.17) is 23.2 Å². The molecule has 0 spiro atoms. The number of carbonyl (C=O) groups excluding carboxylic acids is 1. The van der Waals surface area contributed by atoms with Crippen molar-refractivity contribution in [3.63, 3.8) is 0 Å². The molecule has 0 aliphatic heterocycles. The quantitative estimate of drug-likeness (QED) is 0.604. The van der Waals surface area contributed by atoms with E-state index in [2.05, 4.69) is 15.0 Å². The maximum atomic E-state index is 12.6. The third-order valence-corrected chi connectivity index (χ3v) is 5.81. The molecule has 9 heteroatoms. The smallest absolute Gasteiger partial charge is 0.263 e. The molecule has 0 aliphatic carbocycles. The molecule has 0 unspecified atom stereocenters. The number of hydrogen-bond acceptors (Lipinski definition) is 4. The van der Waals surface area contributed by atoms with Crippen molar-refractivity contribution >= 4 is 50.6 Å². The van der Waals surface area contributed by atoms with E-state index >= 15 is 0 Å². The number of aryl methyl sites for hydroxylation is 1. The molecule has 6 nitrogen and oxygen atoms in total. The number of benzene rings is 2. The lowest BCUT2D eigenvalue weighted by molar-refractivity contribution is 0.102. The van der Waals surface area contributed by atoms with Crippen LogP contribution in [0.2, 0.25) is 10.0 Å². The van der Waals surface area contributed by atoms with E-state index < -0.39 is 15.9 Å². The summed E-state index contributed by atoms with van der Waals surface area (Å²) < 4.78 is 27.6. The Morgan fingerprint density at radius 1 is 1.04 bits per heavy atom. The van der Waals surface area contributed by atoms with E-state index in [-0.39, 0.29) is 26.2 Å². The molecule has 0 radical (unpaired) electrons. The highest BCUT2D eigenvalue weighted by Gasteiger charge is 2.19. The number of nitrogens with zero attached hydrogens (tertiary/aromatic N) is 1. The van der Waals surface area contributed by atoms with Gasteiger partial charge in [-0.2, -0.15) is 0 Å². The summed E-state index contributed by atoms with van der Waals surface area (Å²) in [5, 5.41) is 2.94. The Bertz CT molecular complexity index is 1130. The summed E-state index contributed by atoms with van der Waals surface area (Å²) in [7, 11) is -3.98. The predicted octanol–water partition coefficient (Wildman–Crippen LogP) is 4.75. The molecule has 0 atom stereocenters. The summed E-state index contributed by atoms with van der Waals surface area (Å²) in [5.41, 5.74) is 1.44. The van der Waals surface area contributed by atoms with Crippen LogP contribution in [0.4, 0.5) is 11.5 Å². The molecule has 2 N–H and O–H groups in total. The van der Waals surface area contributed by atoms with E-state index in [0.29, 0.717) is 5.82 Å². The van der Waals surface area contributed by atoms with Gasteiger partial charge in [-0.15, -0.1) is 0 Å². The first-order valence-electron chi connectivity index (χ1n) is 8.06. The third kappa shape index (κ3) is 4.81. The van der Waals surface area contributed by atoms with E-state index in [1.807, 2.05) is 13.0 Å². The van der Waals surface area contributed by atoms with Crippen molar-refractivity contribution in [3.05, 3.63) is 82.0 Å². The van der Waals surface area contributed by atoms with Crippen LogP contribution in [0, 0.1) is 6.92 Å². The SMILES string of the molecule is Cc1ccc(NC(=O)c2cccc(NS(=O)(=O)c3cc(Cl)ccc3Cl)c2)nc1. The molecule has 144 valence electrons. The minimum Gasteiger partial charge on any atom is -0.307 e. The number of rotatable bonds is 5. The Hall–Kier alpha value is -2.61. The lowest BCUT2D eigenvalue weighted by atomic mass is 10.2. The number of anilines is 2. The van der Waals surface area contributed by atoms with Gasteiger partial charge < -0.3 is 5.32 Å². The molecular weight excluding hydrogens is 421 g/mol. The normalized spacial score (nSPS) is 11.1. The number of halogens is 2. The summed E-state index contributed by atoms with van der Waals surface area (Å²) >= 11 is 11.9. The Kier molecular flexibility index (Phi) is 5.88. The summed E-state index contributed by atoms with van der Waals surface area (Å²) in [6.45, 7) is 1.89. The molecule has 2 aromatic carbocycles. The van der Waals surface area contributed by atoms with Gasteiger partial charge in [0.15, 0.2) is 0 Å². The van der Waals surface area contributed by atoms with Crippen LogP contribution < -0.4 is 10.0 Å². The first-order chi connectivity index (χ1) is 13.2. The maximum Gasteiger partial charge on any atom is 0.263 e. The summed E-state index contributed by atoms with van der Waals surface area (Å²) in [5.74, 6) is -0.0227. The fourth-order valence-corrected chi connectivity index (χ4v) is 4.16. The second-order valence-electron chi connectivity index (χ2n) is 5.94. The fraction of sp³-hybridized carbons (Fsp3) is 0.0526. The standard InChI is InChI=1S/C19H15Cl2N3O3S/c1-12-5-8-18(22-11-12)23-19(25)13-3-2-4-15(9-13)24-28(26,27)17-10-14(20)6-7-16(17)21/h2-11,24H,1H3,(H,22,23,25). The van der Waals surface area contributed by atoms with Gasteiger partial charge in [-0.1, -0.05) is 35.3 Å². The zero-order valence-corrected chi connectivity index (χ0v) is 16.9. The van der Waals surface area contributed by atoms with Gasteiger partial charge in [-0.05, 0) is 55.0 Å². The molecule has 0 saturated carbocycles. The number of nitrogens with one attached hydrogen (secondary N) is 2. The van der Waals surface area contributed by atoms with Crippen LogP contribution in [0.1, 0.15) is 15.9 Å². The molecule has 0 fully saturated rings. The topological polar surface area (TPSA) is 88.2 Å². The minimum atomic E-state index is -3.98. The first-order valence-corrected chi connectivity index (χ1v) is 10.3. The van der Waals surface area contributed by atoms with Crippen LogP contribution in [-0.4, -0.2) is 19.3 Å². The van der Waals surface area contributed by atoms with Crippen molar-refractivity contribution in [2.24, 2.45) is 0 Å². The average molecular weight is 436 g/mol. The number of pyridine rings is 1. The fourth-order valence-electron chi connectivity index (χ4n) is 2.35. The van der Waals surface area contributed by atoms with Crippen molar-refractivity contribution in [2.75, 3.05) is 10.0 Å².